The number of benzene rings is 2. The number of anilines is 1. The largest absolute Gasteiger partial charge is 0.550 e. The maximum atomic E-state index is 12.1. The quantitative estimate of drug-likeness (QED) is 0.849. The Kier molecular flexibility index (Phi) is 5.57. The Morgan fingerprint density at radius 2 is 1.87 bits per heavy atom. The first-order valence-corrected chi connectivity index (χ1v) is 7.05. The Morgan fingerprint density at radius 3 is 2.52 bits per heavy atom. The van der Waals surface area contributed by atoms with Gasteiger partial charge in [-0.05, 0) is 29.8 Å². The topological polar surface area (TPSA) is 90.5 Å². The summed E-state index contributed by atoms with van der Waals surface area (Å²) in [6.45, 7) is 0. The van der Waals surface area contributed by atoms with E-state index in [1.165, 1.54) is 7.11 Å². The molecular formula is C17H17N2O4-. The normalized spacial score (nSPS) is 11.3. The molecule has 120 valence electrons. The average molecular weight is 313 g/mol. The number of carboxylic acids is 1. The Morgan fingerprint density at radius 1 is 1.13 bits per heavy atom. The van der Waals surface area contributed by atoms with Crippen LogP contribution in [-0.4, -0.2) is 19.1 Å². The van der Waals surface area contributed by atoms with Crippen molar-refractivity contribution in [3.63, 3.8) is 0 Å². The van der Waals surface area contributed by atoms with E-state index < -0.39 is 18.0 Å². The molecule has 0 unspecified atom stereocenters. The lowest BCUT2D eigenvalue weighted by atomic mass is 10.0. The molecule has 6 nitrogen and oxygen atoms in total. The molecule has 0 aromatic heterocycles. The van der Waals surface area contributed by atoms with Gasteiger partial charge in [-0.1, -0.05) is 30.3 Å². The van der Waals surface area contributed by atoms with Crippen molar-refractivity contribution < 1.29 is 19.4 Å². The molecule has 0 aliphatic rings. The molecule has 0 radical (unpaired) electrons. The molecular weight excluding hydrogens is 296 g/mol. The number of urea groups is 1. The van der Waals surface area contributed by atoms with Crippen molar-refractivity contribution in [3.05, 3.63) is 60.2 Å². The van der Waals surface area contributed by atoms with E-state index in [2.05, 4.69) is 10.6 Å². The standard InChI is InChI=1S/C17H18N2O4/c1-23-14-9-5-6-12(10-14)15(11-16(20)21)19-17(22)18-13-7-3-2-4-8-13/h2-10,15H,11H2,1H3,(H,20,21)(H2,18,19,22)/p-1/t15-/m0/s1. The van der Waals surface area contributed by atoms with Gasteiger partial charge in [0.25, 0.3) is 0 Å². The highest BCUT2D eigenvalue weighted by molar-refractivity contribution is 5.89. The number of carboxylic acid groups (broad SMARTS) is 1. The van der Waals surface area contributed by atoms with Gasteiger partial charge in [-0.25, -0.2) is 4.79 Å². The van der Waals surface area contributed by atoms with Crippen LogP contribution < -0.4 is 20.5 Å². The second kappa shape index (κ2) is 7.84. The minimum absolute atomic E-state index is 0.338. The van der Waals surface area contributed by atoms with Crippen LogP contribution in [0, 0.1) is 0 Å². The third-order valence-corrected chi connectivity index (χ3v) is 3.20. The Bertz CT molecular complexity index is 673. The summed E-state index contributed by atoms with van der Waals surface area (Å²) in [7, 11) is 1.52. The molecule has 2 aromatic carbocycles. The van der Waals surface area contributed by atoms with Gasteiger partial charge >= 0.3 is 6.03 Å². The fourth-order valence-corrected chi connectivity index (χ4v) is 2.12. The zero-order valence-electron chi connectivity index (χ0n) is 12.6. The SMILES string of the molecule is COc1cccc([C@H](CC(=O)[O-])NC(=O)Nc2ccccc2)c1. The summed E-state index contributed by atoms with van der Waals surface area (Å²) < 4.78 is 5.12. The monoisotopic (exact) mass is 313 g/mol. The number of aliphatic carboxylic acids is 1. The molecule has 2 aromatic rings. The minimum Gasteiger partial charge on any atom is -0.550 e. The van der Waals surface area contributed by atoms with Crippen LogP contribution in [0.4, 0.5) is 10.5 Å². The molecule has 0 saturated heterocycles. The van der Waals surface area contributed by atoms with Crippen LogP contribution in [0.5, 0.6) is 5.75 Å². The third-order valence-electron chi connectivity index (χ3n) is 3.20. The van der Waals surface area contributed by atoms with E-state index in [1.807, 2.05) is 6.07 Å². The van der Waals surface area contributed by atoms with Gasteiger partial charge in [0, 0.05) is 18.1 Å². The molecule has 2 amide bonds. The first-order valence-electron chi connectivity index (χ1n) is 7.05. The van der Waals surface area contributed by atoms with Crippen LogP contribution in [0.2, 0.25) is 0 Å². The van der Waals surface area contributed by atoms with Crippen LogP contribution in [0.1, 0.15) is 18.0 Å². The second-order valence-electron chi connectivity index (χ2n) is 4.87. The van der Waals surface area contributed by atoms with Crippen molar-refractivity contribution in [2.45, 2.75) is 12.5 Å². The average Bonchev–Trinajstić information content (AvgIpc) is 2.54. The molecule has 0 bridgehead atoms. The van der Waals surface area contributed by atoms with Crippen LogP contribution in [0.15, 0.2) is 54.6 Å². The van der Waals surface area contributed by atoms with E-state index in [0.717, 1.165) is 0 Å². The van der Waals surface area contributed by atoms with E-state index in [9.17, 15) is 14.7 Å². The summed E-state index contributed by atoms with van der Waals surface area (Å²) >= 11 is 0. The number of ether oxygens (including phenoxy) is 1. The van der Waals surface area contributed by atoms with Gasteiger partial charge in [0.2, 0.25) is 0 Å². The van der Waals surface area contributed by atoms with Gasteiger partial charge in [0.15, 0.2) is 0 Å². The number of methoxy groups -OCH3 is 1. The number of carbonyl (C=O) groups is 2. The second-order valence-corrected chi connectivity index (χ2v) is 4.87. The molecule has 0 aliphatic carbocycles. The third kappa shape index (κ3) is 5.03. The number of hydrogen-bond acceptors (Lipinski definition) is 4. The molecule has 2 rings (SSSR count). The fraction of sp³-hybridized carbons (Fsp3) is 0.176. The number of carbonyl (C=O) groups excluding carboxylic acids is 2. The molecule has 0 saturated carbocycles. The Labute approximate surface area is 134 Å². The molecule has 0 aliphatic heterocycles. The predicted octanol–water partition coefficient (Wildman–Crippen LogP) is 1.70. The van der Waals surface area contributed by atoms with Crippen molar-refractivity contribution in [2.24, 2.45) is 0 Å². The highest BCUT2D eigenvalue weighted by Crippen LogP contribution is 2.21. The van der Waals surface area contributed by atoms with Crippen molar-refractivity contribution in [2.75, 3.05) is 12.4 Å². The number of hydrogen-bond donors (Lipinski definition) is 2. The van der Waals surface area contributed by atoms with E-state index in [4.69, 9.17) is 4.74 Å². The summed E-state index contributed by atoms with van der Waals surface area (Å²) in [5.41, 5.74) is 1.24. The van der Waals surface area contributed by atoms with E-state index in [-0.39, 0.29) is 6.42 Å². The highest BCUT2D eigenvalue weighted by Gasteiger charge is 2.15. The lowest BCUT2D eigenvalue weighted by molar-refractivity contribution is -0.306. The number of amides is 2. The zero-order chi connectivity index (χ0) is 16.7. The molecule has 0 heterocycles. The molecule has 0 fully saturated rings. The molecule has 1 atom stereocenters. The van der Waals surface area contributed by atoms with E-state index in [0.29, 0.717) is 17.0 Å². The smallest absolute Gasteiger partial charge is 0.319 e. The van der Waals surface area contributed by atoms with E-state index in [1.54, 1.807) is 48.5 Å². The van der Waals surface area contributed by atoms with Crippen LogP contribution in [-0.2, 0) is 4.79 Å². The maximum Gasteiger partial charge on any atom is 0.319 e. The lowest BCUT2D eigenvalue weighted by Gasteiger charge is -2.20. The molecule has 2 N–H and O–H groups in total. The summed E-state index contributed by atoms with van der Waals surface area (Å²) in [6, 6.07) is 14.5. The summed E-state index contributed by atoms with van der Waals surface area (Å²) in [6.07, 6.45) is -0.338. The number of rotatable bonds is 6. The van der Waals surface area contributed by atoms with Gasteiger partial charge in [-0.3, -0.25) is 0 Å². The van der Waals surface area contributed by atoms with Crippen molar-refractivity contribution in [1.29, 1.82) is 0 Å². The number of para-hydroxylation sites is 1. The van der Waals surface area contributed by atoms with Crippen molar-refractivity contribution in [1.82, 2.24) is 5.32 Å². The lowest BCUT2D eigenvalue weighted by Crippen LogP contribution is -2.36. The van der Waals surface area contributed by atoms with E-state index >= 15 is 0 Å². The number of nitrogens with one attached hydrogen (secondary N) is 2. The fourth-order valence-electron chi connectivity index (χ4n) is 2.12. The van der Waals surface area contributed by atoms with Crippen LogP contribution >= 0.6 is 0 Å². The summed E-state index contributed by atoms with van der Waals surface area (Å²) in [5, 5.41) is 16.3. The van der Waals surface area contributed by atoms with Crippen LogP contribution in [0.25, 0.3) is 0 Å². The zero-order valence-corrected chi connectivity index (χ0v) is 12.6. The Hall–Kier alpha value is -3.02. The molecule has 0 spiro atoms. The maximum absolute atomic E-state index is 12.1. The summed E-state index contributed by atoms with van der Waals surface area (Å²) in [5.74, 6) is -0.672. The van der Waals surface area contributed by atoms with Crippen molar-refractivity contribution >= 4 is 17.7 Å². The van der Waals surface area contributed by atoms with Gasteiger partial charge in [0.05, 0.1) is 13.2 Å². The molecule has 6 heteroatoms. The van der Waals surface area contributed by atoms with Gasteiger partial charge in [-0.2, -0.15) is 0 Å². The van der Waals surface area contributed by atoms with Crippen molar-refractivity contribution in [3.8, 4) is 5.75 Å². The highest BCUT2D eigenvalue weighted by atomic mass is 16.5. The first-order chi connectivity index (χ1) is 11.1. The molecule has 23 heavy (non-hydrogen) atoms. The summed E-state index contributed by atoms with van der Waals surface area (Å²) in [4.78, 5) is 23.0. The van der Waals surface area contributed by atoms with Gasteiger partial charge in [-0.15, -0.1) is 0 Å². The minimum atomic E-state index is -1.25. The van der Waals surface area contributed by atoms with Gasteiger partial charge < -0.3 is 25.3 Å². The Balaban J connectivity index is 2.11. The first kappa shape index (κ1) is 16.4. The van der Waals surface area contributed by atoms with Gasteiger partial charge in [0.1, 0.15) is 5.75 Å². The van der Waals surface area contributed by atoms with Crippen LogP contribution in [0.3, 0.4) is 0 Å². The predicted molar refractivity (Wildman–Crippen MR) is 84.0 cm³/mol.